The predicted octanol–water partition coefficient (Wildman–Crippen LogP) is 0.0199. The zero-order valence-electron chi connectivity index (χ0n) is 11.8. The van der Waals surface area contributed by atoms with Crippen LogP contribution in [0.4, 0.5) is 0 Å². The van der Waals surface area contributed by atoms with Crippen LogP contribution in [-0.2, 0) is 20.8 Å². The normalized spacial score (nSPS) is 26.1. The highest BCUT2D eigenvalue weighted by molar-refractivity contribution is 8.02. The van der Waals surface area contributed by atoms with Crippen molar-refractivity contribution in [1.29, 1.82) is 0 Å². The van der Waals surface area contributed by atoms with Gasteiger partial charge < -0.3 is 20.4 Å². The van der Waals surface area contributed by atoms with Gasteiger partial charge in [-0.1, -0.05) is 6.07 Å². The fourth-order valence-corrected chi connectivity index (χ4v) is 4.55. The van der Waals surface area contributed by atoms with E-state index in [2.05, 4.69) is 5.32 Å². The van der Waals surface area contributed by atoms with Crippen molar-refractivity contribution in [1.82, 2.24) is 10.2 Å². The van der Waals surface area contributed by atoms with Crippen molar-refractivity contribution in [2.45, 2.75) is 23.9 Å². The van der Waals surface area contributed by atoms with Crippen molar-refractivity contribution < 1.29 is 24.6 Å². The van der Waals surface area contributed by atoms with E-state index in [1.165, 1.54) is 28.0 Å². The fraction of sp³-hybridized carbons (Fsp3) is 0.357. The Labute approximate surface area is 140 Å². The van der Waals surface area contributed by atoms with E-state index in [0.717, 1.165) is 4.88 Å². The minimum absolute atomic E-state index is 0.193. The van der Waals surface area contributed by atoms with Gasteiger partial charge in [-0.05, 0) is 22.4 Å². The number of fused-ring (bicyclic) bond motifs is 1. The van der Waals surface area contributed by atoms with Crippen molar-refractivity contribution in [2.24, 2.45) is 0 Å². The number of aliphatic carboxylic acids is 1. The number of amides is 2. The number of carbonyl (C=O) groups excluding carboxylic acids is 2. The van der Waals surface area contributed by atoms with Gasteiger partial charge in [-0.15, -0.1) is 23.1 Å². The van der Waals surface area contributed by atoms with Crippen LogP contribution in [-0.4, -0.2) is 57.0 Å². The molecule has 3 rings (SSSR count). The standard InChI is InChI=1S/C14H14N2O5S2/c17-5-7-6-23-13-10(12(19)16(13)11(7)14(20)21)15-9(18)4-8-2-1-3-22-8/h1-3,6,10-11,13,17H,4-5H2,(H,15,18)(H,20,21)/t10?,11?,13-/m0/s1. The number of hydrogen-bond donors (Lipinski definition) is 3. The molecule has 1 aromatic rings. The van der Waals surface area contributed by atoms with Crippen LogP contribution in [0.25, 0.3) is 0 Å². The number of aliphatic hydroxyl groups excluding tert-OH is 1. The molecule has 7 nitrogen and oxygen atoms in total. The summed E-state index contributed by atoms with van der Waals surface area (Å²) in [5.74, 6) is -1.89. The molecule has 1 fully saturated rings. The summed E-state index contributed by atoms with van der Waals surface area (Å²) in [5, 5.41) is 24.2. The van der Waals surface area contributed by atoms with Crippen molar-refractivity contribution in [2.75, 3.05) is 6.61 Å². The molecule has 0 radical (unpaired) electrons. The Bertz CT molecular complexity index is 673. The lowest BCUT2D eigenvalue weighted by Crippen LogP contribution is -2.74. The molecule has 1 aromatic heterocycles. The number of thioether (sulfide) groups is 1. The van der Waals surface area contributed by atoms with Gasteiger partial charge in [-0.2, -0.15) is 0 Å². The van der Waals surface area contributed by atoms with Gasteiger partial charge in [0.2, 0.25) is 11.8 Å². The number of carboxylic acid groups (broad SMARTS) is 1. The summed E-state index contributed by atoms with van der Waals surface area (Å²) in [6.45, 7) is -0.421. The molecular formula is C14H14N2O5S2. The second-order valence-corrected chi connectivity index (χ2v) is 7.19. The van der Waals surface area contributed by atoms with Crippen LogP contribution in [0.5, 0.6) is 0 Å². The molecule has 0 aromatic carbocycles. The van der Waals surface area contributed by atoms with Crippen LogP contribution < -0.4 is 5.32 Å². The Morgan fingerprint density at radius 1 is 1.39 bits per heavy atom. The van der Waals surface area contributed by atoms with Gasteiger partial charge in [0.25, 0.3) is 0 Å². The number of rotatable bonds is 5. The highest BCUT2D eigenvalue weighted by atomic mass is 32.2. The van der Waals surface area contributed by atoms with E-state index in [0.29, 0.717) is 0 Å². The molecule has 2 amide bonds. The summed E-state index contributed by atoms with van der Waals surface area (Å²) in [4.78, 5) is 37.7. The zero-order valence-corrected chi connectivity index (χ0v) is 13.5. The van der Waals surface area contributed by atoms with Crippen LogP contribution in [0.15, 0.2) is 28.5 Å². The van der Waals surface area contributed by atoms with E-state index < -0.39 is 35.9 Å². The van der Waals surface area contributed by atoms with Crippen LogP contribution >= 0.6 is 23.1 Å². The molecule has 1 saturated heterocycles. The van der Waals surface area contributed by atoms with Gasteiger partial charge in [0.05, 0.1) is 13.0 Å². The number of thiophene rings is 1. The van der Waals surface area contributed by atoms with E-state index in [1.807, 2.05) is 17.5 Å². The molecule has 2 aliphatic rings. The van der Waals surface area contributed by atoms with Crippen molar-refractivity contribution in [3.05, 3.63) is 33.4 Å². The summed E-state index contributed by atoms with van der Waals surface area (Å²) >= 11 is 2.69. The Kier molecular flexibility index (Phi) is 4.42. The molecule has 23 heavy (non-hydrogen) atoms. The van der Waals surface area contributed by atoms with Crippen LogP contribution in [0.3, 0.4) is 0 Å². The van der Waals surface area contributed by atoms with Crippen LogP contribution in [0, 0.1) is 0 Å². The first-order valence-corrected chi connectivity index (χ1v) is 8.67. The molecular weight excluding hydrogens is 340 g/mol. The highest BCUT2D eigenvalue weighted by Crippen LogP contribution is 2.39. The lowest BCUT2D eigenvalue weighted by Gasteiger charge is -2.51. The molecule has 0 aliphatic carbocycles. The molecule has 3 atom stereocenters. The predicted molar refractivity (Wildman–Crippen MR) is 84.8 cm³/mol. The average molecular weight is 354 g/mol. The fourth-order valence-electron chi connectivity index (χ4n) is 2.64. The van der Waals surface area contributed by atoms with Gasteiger partial charge in [-0.25, -0.2) is 4.79 Å². The van der Waals surface area contributed by atoms with E-state index in [4.69, 9.17) is 0 Å². The molecule has 0 saturated carbocycles. The number of β-lactam (4-membered cyclic amide) rings is 1. The molecule has 122 valence electrons. The van der Waals surface area contributed by atoms with Crippen molar-refractivity contribution in [3.8, 4) is 0 Å². The maximum absolute atomic E-state index is 12.2. The summed E-state index contributed by atoms with van der Waals surface area (Å²) in [6, 6.07) is 1.79. The SMILES string of the molecule is O=C(Cc1cccs1)NC1C(=O)N2C(C(=O)O)C(CO)=CS[C@@H]12. The molecule has 2 unspecified atom stereocenters. The topological polar surface area (TPSA) is 107 Å². The van der Waals surface area contributed by atoms with Gasteiger partial charge in [0.1, 0.15) is 11.4 Å². The molecule has 3 N–H and O–H groups in total. The monoisotopic (exact) mass is 354 g/mol. The van der Waals surface area contributed by atoms with E-state index in [1.54, 1.807) is 5.41 Å². The number of aliphatic hydroxyl groups is 1. The molecule has 0 bridgehead atoms. The Morgan fingerprint density at radius 2 is 2.17 bits per heavy atom. The maximum Gasteiger partial charge on any atom is 0.330 e. The largest absolute Gasteiger partial charge is 0.479 e. The van der Waals surface area contributed by atoms with Gasteiger partial charge in [0.15, 0.2) is 6.04 Å². The number of carbonyl (C=O) groups is 3. The third-order valence-corrected chi connectivity index (χ3v) is 5.81. The third-order valence-electron chi connectivity index (χ3n) is 3.72. The molecule has 2 aliphatic heterocycles. The lowest BCUT2D eigenvalue weighted by molar-refractivity contribution is -0.160. The first-order valence-electron chi connectivity index (χ1n) is 6.85. The quantitative estimate of drug-likeness (QED) is 0.644. The van der Waals surface area contributed by atoms with E-state index in [9.17, 15) is 24.6 Å². The minimum Gasteiger partial charge on any atom is -0.479 e. The Morgan fingerprint density at radius 3 is 2.78 bits per heavy atom. The number of nitrogens with one attached hydrogen (secondary N) is 1. The summed E-state index contributed by atoms with van der Waals surface area (Å²) in [5.41, 5.74) is 0.274. The lowest BCUT2D eigenvalue weighted by atomic mass is 9.98. The molecule has 9 heteroatoms. The summed E-state index contributed by atoms with van der Waals surface area (Å²) < 4.78 is 0. The number of hydrogen-bond acceptors (Lipinski definition) is 6. The summed E-state index contributed by atoms with van der Waals surface area (Å²) in [7, 11) is 0. The van der Waals surface area contributed by atoms with Crippen molar-refractivity contribution >= 4 is 40.9 Å². The summed E-state index contributed by atoms with van der Waals surface area (Å²) in [6.07, 6.45) is 0.193. The highest BCUT2D eigenvalue weighted by Gasteiger charge is 2.55. The third kappa shape index (κ3) is 2.87. The van der Waals surface area contributed by atoms with Crippen LogP contribution in [0.2, 0.25) is 0 Å². The second-order valence-electron chi connectivity index (χ2n) is 5.17. The van der Waals surface area contributed by atoms with E-state index in [-0.39, 0.29) is 17.9 Å². The number of nitrogens with zero attached hydrogens (tertiary/aromatic N) is 1. The maximum atomic E-state index is 12.2. The minimum atomic E-state index is -1.19. The Balaban J connectivity index is 1.68. The van der Waals surface area contributed by atoms with Crippen LogP contribution in [0.1, 0.15) is 4.88 Å². The van der Waals surface area contributed by atoms with Gasteiger partial charge >= 0.3 is 5.97 Å². The molecule has 3 heterocycles. The number of carboxylic acids is 1. The van der Waals surface area contributed by atoms with E-state index >= 15 is 0 Å². The second kappa shape index (κ2) is 6.34. The van der Waals surface area contributed by atoms with Crippen molar-refractivity contribution in [3.63, 3.8) is 0 Å². The smallest absolute Gasteiger partial charge is 0.330 e. The first-order chi connectivity index (χ1) is 11.0. The van der Waals surface area contributed by atoms with Gasteiger partial charge in [-0.3, -0.25) is 9.59 Å². The molecule has 0 spiro atoms. The zero-order chi connectivity index (χ0) is 16.6. The Hall–Kier alpha value is -1.84. The average Bonchev–Trinajstić information content (AvgIpc) is 3.03. The van der Waals surface area contributed by atoms with Gasteiger partial charge in [0, 0.05) is 4.88 Å². The first kappa shape index (κ1) is 16.0.